The molecule has 0 N–H and O–H groups in total. The van der Waals surface area contributed by atoms with E-state index in [2.05, 4.69) is 91.0 Å². The van der Waals surface area contributed by atoms with Crippen LogP contribution in [-0.2, 0) is 12.8 Å². The molecule has 128 valence electrons. The first-order valence-electron chi connectivity index (χ1n) is 9.05. The number of nitrogens with zero attached hydrogens (tertiary/aromatic N) is 1. The summed E-state index contributed by atoms with van der Waals surface area (Å²) >= 11 is 0.161. The van der Waals surface area contributed by atoms with Gasteiger partial charge in [0.25, 0.3) is 0 Å². The second-order valence-electron chi connectivity index (χ2n) is 6.40. The number of hydrogen-bond donors (Lipinski definition) is 0. The van der Waals surface area contributed by atoms with E-state index in [1.165, 1.54) is 32.4 Å². The van der Waals surface area contributed by atoms with Crippen LogP contribution in [0.1, 0.15) is 17.7 Å². The molecule has 0 bridgehead atoms. The van der Waals surface area contributed by atoms with Crippen LogP contribution < -0.4 is 0 Å². The molecule has 0 spiro atoms. The third-order valence-corrected chi connectivity index (χ3v) is 6.54. The third-order valence-electron chi connectivity index (χ3n) is 4.58. The van der Waals surface area contributed by atoms with Crippen molar-refractivity contribution in [2.45, 2.75) is 19.3 Å². The Kier molecular flexibility index (Phi) is 5.44. The summed E-state index contributed by atoms with van der Waals surface area (Å²) in [7, 11) is 0. The third kappa shape index (κ3) is 3.88. The minimum absolute atomic E-state index is 0.161. The zero-order chi connectivity index (χ0) is 17.6. The molecule has 0 amide bonds. The monoisotopic (exact) mass is 403 g/mol. The molecule has 0 aliphatic heterocycles. The standard InChI is InChI=1S/C24H21NSe/c1-4-11-19(12-5-1)13-10-18-22-23(20-14-6-2-7-15-20)24(26-25-22)21-16-8-3-9-17-21/h1-9,11-12,14-17H,10,13,18H2. The van der Waals surface area contributed by atoms with E-state index in [4.69, 9.17) is 3.98 Å². The van der Waals surface area contributed by atoms with Gasteiger partial charge in [-0.3, -0.25) is 0 Å². The Hall–Kier alpha value is -2.41. The van der Waals surface area contributed by atoms with Crippen molar-refractivity contribution in [3.8, 4) is 21.1 Å². The quantitative estimate of drug-likeness (QED) is 0.380. The number of benzene rings is 3. The fraction of sp³-hybridized carbons (Fsp3) is 0.125. The molecule has 0 fully saturated rings. The van der Waals surface area contributed by atoms with Gasteiger partial charge < -0.3 is 0 Å². The van der Waals surface area contributed by atoms with Gasteiger partial charge >= 0.3 is 161 Å². The van der Waals surface area contributed by atoms with E-state index in [1.807, 2.05) is 0 Å². The van der Waals surface area contributed by atoms with Crippen LogP contribution in [0.5, 0.6) is 0 Å². The van der Waals surface area contributed by atoms with Crippen molar-refractivity contribution in [2.24, 2.45) is 0 Å². The van der Waals surface area contributed by atoms with Gasteiger partial charge in [0, 0.05) is 0 Å². The van der Waals surface area contributed by atoms with E-state index < -0.39 is 0 Å². The zero-order valence-electron chi connectivity index (χ0n) is 14.6. The van der Waals surface area contributed by atoms with Crippen LogP contribution in [0, 0.1) is 0 Å². The molecule has 0 atom stereocenters. The van der Waals surface area contributed by atoms with Gasteiger partial charge in [-0.05, 0) is 0 Å². The van der Waals surface area contributed by atoms with Gasteiger partial charge in [0.05, 0.1) is 0 Å². The van der Waals surface area contributed by atoms with Crippen molar-refractivity contribution in [1.82, 2.24) is 3.98 Å². The van der Waals surface area contributed by atoms with Crippen LogP contribution in [0.15, 0.2) is 91.0 Å². The number of rotatable bonds is 6. The Morgan fingerprint density at radius 2 is 1.19 bits per heavy atom. The Morgan fingerprint density at radius 3 is 1.85 bits per heavy atom. The summed E-state index contributed by atoms with van der Waals surface area (Å²) in [5.74, 6) is 0. The molecule has 1 aromatic heterocycles. The molecule has 0 aliphatic carbocycles. The predicted octanol–water partition coefficient (Wildman–Crippen LogP) is 5.65. The molecule has 4 rings (SSSR count). The molecular formula is C24H21NSe. The molecule has 1 nitrogen and oxygen atoms in total. The SMILES string of the molecule is c1ccc(CCCc2n[se]c(-c3ccccc3)c2-c2ccccc2)cc1. The summed E-state index contributed by atoms with van der Waals surface area (Å²) in [6.07, 6.45) is 3.28. The van der Waals surface area contributed by atoms with E-state index in [0.717, 1.165) is 19.3 Å². The van der Waals surface area contributed by atoms with E-state index in [0.29, 0.717) is 0 Å². The van der Waals surface area contributed by atoms with Crippen LogP contribution in [0.4, 0.5) is 0 Å². The van der Waals surface area contributed by atoms with E-state index in [-0.39, 0.29) is 14.7 Å². The van der Waals surface area contributed by atoms with Crippen molar-refractivity contribution in [2.75, 3.05) is 0 Å². The van der Waals surface area contributed by atoms with Gasteiger partial charge in [-0.2, -0.15) is 0 Å². The normalized spacial score (nSPS) is 10.8. The zero-order valence-corrected chi connectivity index (χ0v) is 16.4. The summed E-state index contributed by atoms with van der Waals surface area (Å²) in [6.45, 7) is 0. The average Bonchev–Trinajstić information content (AvgIpc) is 3.14. The van der Waals surface area contributed by atoms with E-state index >= 15 is 0 Å². The van der Waals surface area contributed by atoms with Gasteiger partial charge in [0.2, 0.25) is 0 Å². The van der Waals surface area contributed by atoms with E-state index in [1.54, 1.807) is 0 Å². The molecule has 0 saturated heterocycles. The first kappa shape index (κ1) is 17.0. The maximum atomic E-state index is 4.99. The van der Waals surface area contributed by atoms with Gasteiger partial charge in [0.1, 0.15) is 0 Å². The van der Waals surface area contributed by atoms with Gasteiger partial charge in [-0.1, -0.05) is 0 Å². The second kappa shape index (κ2) is 8.31. The van der Waals surface area contributed by atoms with Crippen LogP contribution in [-0.4, -0.2) is 18.7 Å². The molecule has 4 aromatic rings. The molecule has 0 radical (unpaired) electrons. The van der Waals surface area contributed by atoms with E-state index in [9.17, 15) is 0 Å². The summed E-state index contributed by atoms with van der Waals surface area (Å²) in [4.78, 5) is 0. The van der Waals surface area contributed by atoms with Crippen LogP contribution in [0.25, 0.3) is 21.1 Å². The molecule has 0 aliphatic rings. The molecule has 26 heavy (non-hydrogen) atoms. The van der Waals surface area contributed by atoms with Gasteiger partial charge in [-0.15, -0.1) is 0 Å². The first-order chi connectivity index (χ1) is 12.9. The predicted molar refractivity (Wildman–Crippen MR) is 111 cm³/mol. The second-order valence-corrected chi connectivity index (χ2v) is 8.03. The van der Waals surface area contributed by atoms with Crippen molar-refractivity contribution >= 4 is 14.7 Å². The topological polar surface area (TPSA) is 12.9 Å². The fourth-order valence-electron chi connectivity index (χ4n) is 3.29. The maximum absolute atomic E-state index is 4.99. The molecule has 0 saturated carbocycles. The summed E-state index contributed by atoms with van der Waals surface area (Å²) < 4.78 is 6.40. The average molecular weight is 402 g/mol. The Morgan fingerprint density at radius 1 is 0.615 bits per heavy atom. The molecule has 1 heterocycles. The van der Waals surface area contributed by atoms with Crippen molar-refractivity contribution in [1.29, 1.82) is 0 Å². The van der Waals surface area contributed by atoms with Crippen molar-refractivity contribution in [3.05, 3.63) is 102 Å². The summed E-state index contributed by atoms with van der Waals surface area (Å²) in [5, 5.41) is 0. The Labute approximate surface area is 161 Å². The van der Waals surface area contributed by atoms with Gasteiger partial charge in [-0.25, -0.2) is 0 Å². The van der Waals surface area contributed by atoms with Crippen LogP contribution >= 0.6 is 0 Å². The number of aromatic nitrogens is 1. The Bertz CT molecular complexity index is 943. The number of aryl methyl sites for hydroxylation is 2. The van der Waals surface area contributed by atoms with Crippen LogP contribution in [0.2, 0.25) is 0 Å². The summed E-state index contributed by atoms with van der Waals surface area (Å²) in [5.41, 5.74) is 6.67. The minimum atomic E-state index is 0.161. The Balaban J connectivity index is 1.63. The first-order valence-corrected chi connectivity index (χ1v) is 10.7. The molecule has 3 aromatic carbocycles. The molecule has 0 unspecified atom stereocenters. The molecular weight excluding hydrogens is 381 g/mol. The fourth-order valence-corrected chi connectivity index (χ4v) is 5.29. The summed E-state index contributed by atoms with van der Waals surface area (Å²) in [6, 6.07) is 32.2. The number of hydrogen-bond acceptors (Lipinski definition) is 1. The van der Waals surface area contributed by atoms with Crippen LogP contribution in [0.3, 0.4) is 0 Å². The van der Waals surface area contributed by atoms with Crippen molar-refractivity contribution < 1.29 is 0 Å². The van der Waals surface area contributed by atoms with Crippen molar-refractivity contribution in [3.63, 3.8) is 0 Å². The van der Waals surface area contributed by atoms with Gasteiger partial charge in [0.15, 0.2) is 0 Å². The molecule has 2 heteroatoms.